The Hall–Kier alpha value is -2.41. The highest BCUT2D eigenvalue weighted by molar-refractivity contribution is 6.09. The third kappa shape index (κ3) is 3.44. The zero-order valence-electron chi connectivity index (χ0n) is 15.0. The van der Waals surface area contributed by atoms with Crippen LogP contribution in [0.1, 0.15) is 36.8 Å². The highest BCUT2D eigenvalue weighted by atomic mass is 16.5. The van der Waals surface area contributed by atoms with E-state index in [-0.39, 0.29) is 18.4 Å². The number of carbonyl (C=O) groups excluding carboxylic acids is 3. The van der Waals surface area contributed by atoms with Gasteiger partial charge in [0.15, 0.2) is 0 Å². The summed E-state index contributed by atoms with van der Waals surface area (Å²) in [7, 11) is 1.60. The normalized spacial score (nSPS) is 22.1. The van der Waals surface area contributed by atoms with Gasteiger partial charge in [-0.2, -0.15) is 0 Å². The molecule has 1 aromatic rings. The number of hydrogen-bond donors (Lipinski definition) is 2. The molecule has 1 spiro atoms. The van der Waals surface area contributed by atoms with Crippen LogP contribution in [-0.4, -0.2) is 49.6 Å². The number of rotatable bonds is 6. The Bertz CT molecular complexity index is 706. The Labute approximate surface area is 153 Å². The Balaban J connectivity index is 1.76. The zero-order chi connectivity index (χ0) is 18.6. The van der Waals surface area contributed by atoms with Crippen LogP contribution in [0.15, 0.2) is 24.3 Å². The summed E-state index contributed by atoms with van der Waals surface area (Å²) in [5, 5.41) is 5.60. The fraction of sp³-hybridized carbons (Fsp3) is 0.526. The summed E-state index contributed by atoms with van der Waals surface area (Å²) in [4.78, 5) is 38.8. The number of imide groups is 1. The van der Waals surface area contributed by atoms with Crippen molar-refractivity contribution in [1.82, 2.24) is 15.5 Å². The minimum atomic E-state index is -1.04. The molecule has 0 saturated carbocycles. The van der Waals surface area contributed by atoms with Crippen molar-refractivity contribution < 1.29 is 19.1 Å². The molecule has 1 saturated heterocycles. The quantitative estimate of drug-likeness (QED) is 0.592. The van der Waals surface area contributed by atoms with E-state index < -0.39 is 11.6 Å². The van der Waals surface area contributed by atoms with Crippen LogP contribution >= 0.6 is 0 Å². The van der Waals surface area contributed by atoms with Gasteiger partial charge in [-0.1, -0.05) is 24.3 Å². The number of ether oxygens (including phenoxy) is 1. The lowest BCUT2D eigenvalue weighted by molar-refractivity contribution is -0.135. The van der Waals surface area contributed by atoms with E-state index in [2.05, 4.69) is 10.6 Å². The maximum Gasteiger partial charge on any atom is 0.325 e. The number of nitrogens with one attached hydrogen (secondary N) is 2. The molecule has 0 bridgehead atoms. The van der Waals surface area contributed by atoms with Crippen molar-refractivity contribution >= 4 is 17.8 Å². The van der Waals surface area contributed by atoms with Gasteiger partial charge in [-0.3, -0.25) is 14.5 Å². The van der Waals surface area contributed by atoms with Crippen LogP contribution in [0.4, 0.5) is 4.79 Å². The second-order valence-corrected chi connectivity index (χ2v) is 6.79. The molecule has 140 valence electrons. The average molecular weight is 359 g/mol. The van der Waals surface area contributed by atoms with E-state index >= 15 is 0 Å². The summed E-state index contributed by atoms with van der Waals surface area (Å²) < 4.78 is 4.93. The van der Waals surface area contributed by atoms with Crippen LogP contribution in [0.5, 0.6) is 0 Å². The van der Waals surface area contributed by atoms with Crippen molar-refractivity contribution in [2.24, 2.45) is 0 Å². The van der Waals surface area contributed by atoms with E-state index in [0.717, 1.165) is 35.3 Å². The number of carbonyl (C=O) groups is 3. The number of benzene rings is 1. The van der Waals surface area contributed by atoms with Gasteiger partial charge in [-0.05, 0) is 43.2 Å². The molecule has 2 aliphatic rings. The number of fused-ring (bicyclic) bond motifs is 2. The molecule has 4 amide bonds. The maximum atomic E-state index is 13.2. The van der Waals surface area contributed by atoms with Gasteiger partial charge in [-0.25, -0.2) is 4.79 Å². The first-order valence-electron chi connectivity index (χ1n) is 9.06. The predicted molar refractivity (Wildman–Crippen MR) is 95.4 cm³/mol. The molecule has 0 aromatic heterocycles. The molecule has 1 fully saturated rings. The summed E-state index contributed by atoms with van der Waals surface area (Å²) in [6.45, 7) is 0.731. The molecule has 1 aliphatic heterocycles. The fourth-order valence-corrected chi connectivity index (χ4v) is 3.76. The summed E-state index contributed by atoms with van der Waals surface area (Å²) in [6, 6.07) is 7.25. The molecular formula is C19H25N3O4. The molecular weight excluding hydrogens is 334 g/mol. The van der Waals surface area contributed by atoms with Gasteiger partial charge < -0.3 is 15.4 Å². The van der Waals surface area contributed by atoms with Crippen LogP contribution in [0.3, 0.4) is 0 Å². The SMILES string of the molecule is COCCCNC(=O)CN1C(=O)N[C@@]2(CCCCc3ccccc32)C1=O. The van der Waals surface area contributed by atoms with E-state index in [1.165, 1.54) is 0 Å². The van der Waals surface area contributed by atoms with E-state index in [0.29, 0.717) is 26.0 Å². The number of hydrogen-bond acceptors (Lipinski definition) is 4. The third-order valence-electron chi connectivity index (χ3n) is 5.05. The summed E-state index contributed by atoms with van der Waals surface area (Å²) >= 11 is 0. The van der Waals surface area contributed by atoms with Crippen LogP contribution in [0.2, 0.25) is 0 Å². The van der Waals surface area contributed by atoms with E-state index in [4.69, 9.17) is 4.74 Å². The summed E-state index contributed by atoms with van der Waals surface area (Å²) in [6.07, 6.45) is 3.95. The smallest absolute Gasteiger partial charge is 0.325 e. The lowest BCUT2D eigenvalue weighted by Gasteiger charge is -2.27. The molecule has 26 heavy (non-hydrogen) atoms. The molecule has 1 heterocycles. The van der Waals surface area contributed by atoms with Crippen LogP contribution in [0.25, 0.3) is 0 Å². The van der Waals surface area contributed by atoms with Crippen molar-refractivity contribution in [1.29, 1.82) is 0 Å². The number of urea groups is 1. The topological polar surface area (TPSA) is 87.7 Å². The average Bonchev–Trinajstić information content (AvgIpc) is 2.78. The van der Waals surface area contributed by atoms with Gasteiger partial charge in [0.25, 0.3) is 5.91 Å². The van der Waals surface area contributed by atoms with Gasteiger partial charge in [0, 0.05) is 20.3 Å². The highest BCUT2D eigenvalue weighted by Crippen LogP contribution is 2.38. The molecule has 3 rings (SSSR count). The summed E-state index contributed by atoms with van der Waals surface area (Å²) in [5.41, 5.74) is 0.906. The van der Waals surface area contributed by atoms with Crippen molar-refractivity contribution in [3.05, 3.63) is 35.4 Å². The molecule has 2 N–H and O–H groups in total. The van der Waals surface area contributed by atoms with Crippen molar-refractivity contribution in [2.45, 2.75) is 37.6 Å². The monoisotopic (exact) mass is 359 g/mol. The molecule has 7 nitrogen and oxygen atoms in total. The van der Waals surface area contributed by atoms with Crippen LogP contribution < -0.4 is 10.6 Å². The second kappa shape index (κ2) is 7.86. The first-order chi connectivity index (χ1) is 12.6. The number of aryl methyl sites for hydroxylation is 1. The van der Waals surface area contributed by atoms with Gasteiger partial charge in [-0.15, -0.1) is 0 Å². The van der Waals surface area contributed by atoms with E-state index in [1.54, 1.807) is 7.11 Å². The fourth-order valence-electron chi connectivity index (χ4n) is 3.76. The van der Waals surface area contributed by atoms with E-state index in [9.17, 15) is 14.4 Å². The van der Waals surface area contributed by atoms with Crippen LogP contribution in [0, 0.1) is 0 Å². The lowest BCUT2D eigenvalue weighted by atomic mass is 9.84. The lowest BCUT2D eigenvalue weighted by Crippen LogP contribution is -2.45. The molecule has 1 aromatic carbocycles. The minimum absolute atomic E-state index is 0.262. The Morgan fingerprint density at radius 2 is 2.12 bits per heavy atom. The Kier molecular flexibility index (Phi) is 5.56. The summed E-state index contributed by atoms with van der Waals surface area (Å²) in [5.74, 6) is -0.674. The van der Waals surface area contributed by atoms with Crippen molar-refractivity contribution in [3.8, 4) is 0 Å². The van der Waals surface area contributed by atoms with E-state index in [1.807, 2.05) is 24.3 Å². The van der Waals surface area contributed by atoms with Crippen molar-refractivity contribution in [2.75, 3.05) is 26.8 Å². The predicted octanol–water partition coefficient (Wildman–Crippen LogP) is 1.31. The van der Waals surface area contributed by atoms with Gasteiger partial charge in [0.1, 0.15) is 12.1 Å². The standard InChI is InChI=1S/C19H25N3O4/c1-26-12-6-11-20-16(23)13-22-17(24)19(21-18(22)25)10-5-4-8-14-7-2-3-9-15(14)19/h2-3,7,9H,4-6,8,10-13H2,1H3,(H,20,23)(H,21,25)/t19-/m1/s1. The van der Waals surface area contributed by atoms with Gasteiger partial charge >= 0.3 is 6.03 Å². The molecule has 1 atom stereocenters. The number of nitrogens with zero attached hydrogens (tertiary/aromatic N) is 1. The highest BCUT2D eigenvalue weighted by Gasteiger charge is 2.53. The molecule has 0 radical (unpaired) electrons. The number of amides is 4. The van der Waals surface area contributed by atoms with Gasteiger partial charge in [0.05, 0.1) is 0 Å². The molecule has 7 heteroatoms. The first-order valence-corrected chi connectivity index (χ1v) is 9.06. The second-order valence-electron chi connectivity index (χ2n) is 6.79. The van der Waals surface area contributed by atoms with Crippen LogP contribution in [-0.2, 0) is 26.3 Å². The maximum absolute atomic E-state index is 13.2. The van der Waals surface area contributed by atoms with Crippen molar-refractivity contribution in [3.63, 3.8) is 0 Å². The zero-order valence-corrected chi connectivity index (χ0v) is 15.0. The Morgan fingerprint density at radius 1 is 1.31 bits per heavy atom. The first kappa shape index (κ1) is 18.4. The molecule has 1 aliphatic carbocycles. The molecule has 0 unspecified atom stereocenters. The number of methoxy groups -OCH3 is 1. The largest absolute Gasteiger partial charge is 0.385 e. The van der Waals surface area contributed by atoms with Gasteiger partial charge in [0.2, 0.25) is 5.91 Å². The third-order valence-corrected chi connectivity index (χ3v) is 5.05. The minimum Gasteiger partial charge on any atom is -0.385 e. The Morgan fingerprint density at radius 3 is 2.92 bits per heavy atom.